The van der Waals surface area contributed by atoms with E-state index < -0.39 is 18.6 Å². The third kappa shape index (κ3) is 16.1. The molecule has 30 heteroatoms. The van der Waals surface area contributed by atoms with Gasteiger partial charge in [0.15, 0.2) is 17.5 Å². The molecule has 6 aromatic carbocycles. The van der Waals surface area contributed by atoms with E-state index in [1.165, 1.54) is 12.3 Å². The minimum absolute atomic E-state index is 0.0334. The van der Waals surface area contributed by atoms with Crippen LogP contribution >= 0.6 is 0 Å². The molecule has 109 heavy (non-hydrogen) atoms. The number of carbonyl (C=O) groups is 3. The van der Waals surface area contributed by atoms with Gasteiger partial charge >= 0.3 is 6.18 Å². The van der Waals surface area contributed by atoms with Gasteiger partial charge in [0.05, 0.1) is 90.7 Å². The number of para-hydroxylation sites is 3. The molecule has 15 rings (SSSR count). The van der Waals surface area contributed by atoms with Gasteiger partial charge in [0.1, 0.15) is 40.9 Å². The summed E-state index contributed by atoms with van der Waals surface area (Å²) in [5.74, 6) is 3.65. The van der Waals surface area contributed by atoms with Crippen molar-refractivity contribution in [2.24, 2.45) is 0 Å². The maximum absolute atomic E-state index is 13.5. The number of hydrogen-bond donors (Lipinski definition) is 3. The number of ether oxygens (including phenoxy) is 3. The van der Waals surface area contributed by atoms with Crippen molar-refractivity contribution < 1.29 is 41.8 Å². The number of likely N-dealkylation sites (N-methyl/N-ethyl adjacent to an activating group) is 3. The predicted octanol–water partition coefficient (Wildman–Crippen LogP) is 12.1. The van der Waals surface area contributed by atoms with Crippen molar-refractivity contribution in [2.75, 3.05) is 215 Å². The van der Waals surface area contributed by atoms with Crippen molar-refractivity contribution in [3.05, 3.63) is 163 Å². The molecule has 0 atom stereocenters. The minimum atomic E-state index is -4.61. The highest BCUT2D eigenvalue weighted by molar-refractivity contribution is 6.15. The summed E-state index contributed by atoms with van der Waals surface area (Å²) in [5, 5.41) is 9.77. The molecule has 0 aliphatic carbocycles. The molecule has 3 N–H and O–H groups in total. The molecule has 3 amide bonds. The van der Waals surface area contributed by atoms with E-state index in [4.69, 9.17) is 24.2 Å². The Kier molecular flexibility index (Phi) is 22.4. The van der Waals surface area contributed by atoms with Gasteiger partial charge in [0.25, 0.3) is 17.7 Å². The molecule has 3 fully saturated rings. The first-order chi connectivity index (χ1) is 52.5. The fraction of sp³-hybridized carbons (Fsp3) is 0.354. The van der Waals surface area contributed by atoms with Gasteiger partial charge in [-0.2, -0.15) is 28.1 Å². The summed E-state index contributed by atoms with van der Waals surface area (Å²) in [5.41, 5.74) is 10.3. The van der Waals surface area contributed by atoms with Gasteiger partial charge in [-0.05, 0) is 115 Å². The van der Waals surface area contributed by atoms with Crippen LogP contribution in [0.4, 0.5) is 117 Å². The number of nitrogens with zero attached hydrogens (tertiary/aromatic N) is 18. The summed E-state index contributed by atoms with van der Waals surface area (Å²) >= 11 is 0. The molecule has 9 heterocycles. The zero-order valence-corrected chi connectivity index (χ0v) is 63.5. The lowest BCUT2D eigenvalue weighted by Crippen LogP contribution is -2.44. The Hall–Kier alpha value is -11.8. The molecule has 9 aromatic rings. The number of hydrogen-bond acceptors (Lipinski definition) is 24. The lowest BCUT2D eigenvalue weighted by molar-refractivity contribution is -0.118. The lowest BCUT2D eigenvalue weighted by atomic mass is 10.1. The number of amides is 3. The molecular formula is C79H92F3N21O6. The third-order valence-corrected chi connectivity index (χ3v) is 20.3. The number of aromatic nitrogens is 6. The molecule has 3 saturated heterocycles. The standard InChI is InChI=1S/C27H33N7O2.C26H28F3N7O2.C26H31N7O2/c1-18(2)34-23-17-28-27(30-25(23)32(4)22-9-7-6-8-20(22)26(34)35)29-21-11-10-19(16-24(21)36-5)33-14-12-31(3)13-15-33;1-33-10-12-35(13-11-33)17-8-9-19(22(14-17)38-3)31-25-30-15-21-23(32-25)34(2)20-7-5-4-6-18(20)24(37)36(21)16-26(27,28)29;1-5-33-22-17-27-26(29-24(22)31(3)21-9-7-6-8-19(21)25(33)34)28-20-11-10-18(16-23(20)35-4)32-14-12-30(2)13-15-32/h6-11,16-18H,12-15H2,1-5H3,(H,28,29,30);4-9,14-15H,10-13,16H2,1-3H3,(H,30,31,32);6-11,16-17H,5,12-15H2,1-4H3,(H,27,28,29). The Morgan fingerprint density at radius 1 is 0.413 bits per heavy atom. The molecule has 0 bridgehead atoms. The monoisotopic (exact) mass is 1490 g/mol. The zero-order valence-electron chi connectivity index (χ0n) is 63.5. The van der Waals surface area contributed by atoms with Crippen LogP contribution in [0.15, 0.2) is 146 Å². The molecule has 6 aliphatic rings. The second kappa shape index (κ2) is 32.4. The topological polar surface area (TPSA) is 231 Å². The molecule has 3 aromatic heterocycles. The summed E-state index contributed by atoms with van der Waals surface area (Å²) in [6, 6.07) is 39.7. The van der Waals surface area contributed by atoms with Crippen LogP contribution in [-0.4, -0.2) is 230 Å². The first-order valence-electron chi connectivity index (χ1n) is 36.3. The minimum Gasteiger partial charge on any atom is -0.494 e. The molecule has 6 aliphatic heterocycles. The molecule has 0 radical (unpaired) electrons. The first-order valence-corrected chi connectivity index (χ1v) is 36.3. The zero-order chi connectivity index (χ0) is 76.9. The van der Waals surface area contributed by atoms with E-state index in [1.54, 1.807) is 73.7 Å². The second-order valence-electron chi connectivity index (χ2n) is 27.7. The average Bonchev–Trinajstić information content (AvgIpc) is 1.64. The number of halogens is 3. The highest BCUT2D eigenvalue weighted by Gasteiger charge is 2.40. The smallest absolute Gasteiger partial charge is 0.406 e. The van der Waals surface area contributed by atoms with Gasteiger partial charge < -0.3 is 84.1 Å². The number of rotatable bonds is 15. The summed E-state index contributed by atoms with van der Waals surface area (Å²) in [7, 11) is 16.8. The predicted molar refractivity (Wildman–Crippen MR) is 425 cm³/mol. The van der Waals surface area contributed by atoms with E-state index in [0.29, 0.717) is 74.6 Å². The van der Waals surface area contributed by atoms with E-state index in [-0.39, 0.29) is 40.9 Å². The molecular weight excluding hydrogens is 1400 g/mol. The molecule has 0 saturated carbocycles. The Morgan fingerprint density at radius 3 is 1.06 bits per heavy atom. The first kappa shape index (κ1) is 75.5. The fourth-order valence-corrected chi connectivity index (χ4v) is 14.2. The van der Waals surface area contributed by atoms with Gasteiger partial charge in [-0.1, -0.05) is 36.4 Å². The van der Waals surface area contributed by atoms with E-state index >= 15 is 0 Å². The van der Waals surface area contributed by atoms with Crippen molar-refractivity contribution >= 4 is 121 Å². The van der Waals surface area contributed by atoms with Crippen molar-refractivity contribution in [1.82, 2.24) is 44.6 Å². The van der Waals surface area contributed by atoms with Crippen molar-refractivity contribution in [3.8, 4) is 17.2 Å². The highest BCUT2D eigenvalue weighted by atomic mass is 19.4. The van der Waals surface area contributed by atoms with Crippen molar-refractivity contribution in [1.29, 1.82) is 0 Å². The van der Waals surface area contributed by atoms with Gasteiger partial charge in [-0.3, -0.25) is 19.3 Å². The molecule has 0 spiro atoms. The SMILES string of the molecule is CCN1C(=O)c2ccccc2N(C)c2nc(Nc3ccc(N4CCN(C)CC4)cc3OC)ncc21.COc1cc(N2CCN(C)CC2)ccc1Nc1ncc2c(n1)N(C)c1ccccc1C(=O)N2C(C)C.COc1cc(N2CCN(C)CC2)ccc1Nc1ncc2c(n1)N(C)c1ccccc1C(=O)N2CC(F)(F)F. The third-order valence-electron chi connectivity index (χ3n) is 20.3. The van der Waals surface area contributed by atoms with E-state index in [9.17, 15) is 27.6 Å². The Labute approximate surface area is 633 Å². The van der Waals surface area contributed by atoms with E-state index in [1.807, 2.05) is 124 Å². The van der Waals surface area contributed by atoms with Crippen molar-refractivity contribution in [3.63, 3.8) is 0 Å². The summed E-state index contributed by atoms with van der Waals surface area (Å²) in [6.07, 6.45) is 0.0535. The highest BCUT2D eigenvalue weighted by Crippen LogP contribution is 2.45. The maximum Gasteiger partial charge on any atom is 0.406 e. The second-order valence-corrected chi connectivity index (χ2v) is 27.7. The van der Waals surface area contributed by atoms with Crippen LogP contribution in [0.25, 0.3) is 0 Å². The molecule has 0 unspecified atom stereocenters. The number of piperazine rings is 3. The number of carbonyl (C=O) groups excluding carboxylic acids is 3. The van der Waals surface area contributed by atoms with E-state index in [2.05, 4.69) is 111 Å². The summed E-state index contributed by atoms with van der Waals surface area (Å²) < 4.78 is 57.4. The lowest BCUT2D eigenvalue weighted by Gasteiger charge is -2.34. The van der Waals surface area contributed by atoms with Crippen LogP contribution in [0.1, 0.15) is 51.8 Å². The summed E-state index contributed by atoms with van der Waals surface area (Å²) in [6.45, 7) is 16.9. The Morgan fingerprint density at radius 2 is 0.725 bits per heavy atom. The number of nitrogens with one attached hydrogen (secondary N) is 3. The number of benzene rings is 6. The summed E-state index contributed by atoms with van der Waals surface area (Å²) in [4.78, 5) is 91.0. The largest absolute Gasteiger partial charge is 0.494 e. The normalized spacial score (nSPS) is 16.1. The Bertz CT molecular complexity index is 4800. The number of anilines is 18. The van der Waals surface area contributed by atoms with Crippen molar-refractivity contribution in [2.45, 2.75) is 33.0 Å². The van der Waals surface area contributed by atoms with E-state index in [0.717, 1.165) is 130 Å². The van der Waals surface area contributed by atoms with Gasteiger partial charge in [-0.25, -0.2) is 15.0 Å². The van der Waals surface area contributed by atoms with Crippen LogP contribution in [0.5, 0.6) is 17.2 Å². The average molecular weight is 1490 g/mol. The van der Waals surface area contributed by atoms with Gasteiger partial charge in [-0.15, -0.1) is 0 Å². The van der Waals surface area contributed by atoms with Crippen LogP contribution in [0.3, 0.4) is 0 Å². The van der Waals surface area contributed by atoms with Crippen LogP contribution in [-0.2, 0) is 0 Å². The van der Waals surface area contributed by atoms with Gasteiger partial charge in [0.2, 0.25) is 17.8 Å². The Balaban J connectivity index is 0.000000144. The van der Waals surface area contributed by atoms with Crippen LogP contribution < -0.4 is 74.3 Å². The van der Waals surface area contributed by atoms with Crippen LogP contribution in [0.2, 0.25) is 0 Å². The number of methoxy groups -OCH3 is 3. The molecule has 570 valence electrons. The maximum atomic E-state index is 13.5. The van der Waals surface area contributed by atoms with Gasteiger partial charge in [0, 0.05) is 148 Å². The molecule has 27 nitrogen and oxygen atoms in total. The quantitative estimate of drug-likeness (QED) is 0.0866. The number of alkyl halides is 3. The fourth-order valence-electron chi connectivity index (χ4n) is 14.2. The van der Waals surface area contributed by atoms with Crippen LogP contribution in [0, 0.1) is 0 Å². The number of fused-ring (bicyclic) bond motifs is 6.